The zero-order chi connectivity index (χ0) is 13.8. The molecule has 0 saturated heterocycles. The molecule has 4 N–H and O–H groups in total. The molecule has 4 saturated carbocycles. The Hall–Kier alpha value is -0.800. The molecule has 1 atom stereocenters. The number of hydrogen-bond donors (Lipinski definition) is 3. The lowest BCUT2D eigenvalue weighted by molar-refractivity contribution is -0.188. The van der Waals surface area contributed by atoms with Gasteiger partial charge in [-0.3, -0.25) is 0 Å². The molecule has 4 aliphatic rings. The van der Waals surface area contributed by atoms with Gasteiger partial charge in [0, 0.05) is 17.3 Å². The first-order chi connectivity index (χ1) is 9.65. The minimum atomic E-state index is -0.749. The van der Waals surface area contributed by atoms with E-state index in [2.05, 4.69) is 4.98 Å². The highest BCUT2D eigenvalue weighted by Crippen LogP contribution is 2.66. The van der Waals surface area contributed by atoms with Gasteiger partial charge in [0.2, 0.25) is 0 Å². The minimum absolute atomic E-state index is 0.0754. The summed E-state index contributed by atoms with van der Waals surface area (Å²) in [6.45, 7) is 0.553. The summed E-state index contributed by atoms with van der Waals surface area (Å²) in [7, 11) is 0. The molecule has 5 rings (SSSR count). The number of aliphatic hydroxyl groups is 1. The van der Waals surface area contributed by atoms with Crippen molar-refractivity contribution in [3.05, 3.63) is 24.0 Å². The number of nitrogens with two attached hydrogens (primary N) is 1. The van der Waals surface area contributed by atoms with Gasteiger partial charge in [0.05, 0.1) is 0 Å². The van der Waals surface area contributed by atoms with E-state index in [9.17, 15) is 5.11 Å². The first-order valence-electron chi connectivity index (χ1n) is 8.21. The first-order valence-corrected chi connectivity index (χ1v) is 8.21. The van der Waals surface area contributed by atoms with Crippen LogP contribution in [-0.2, 0) is 5.60 Å². The van der Waals surface area contributed by atoms with Crippen molar-refractivity contribution >= 4 is 0 Å². The summed E-state index contributed by atoms with van der Waals surface area (Å²) in [6.07, 6.45) is 10.4. The van der Waals surface area contributed by atoms with E-state index in [1.54, 1.807) is 0 Å². The van der Waals surface area contributed by atoms with Gasteiger partial charge in [-0.1, -0.05) is 0 Å². The Labute approximate surface area is 121 Å². The molecule has 0 aliphatic heterocycles. The van der Waals surface area contributed by atoms with Crippen molar-refractivity contribution in [1.82, 2.24) is 4.98 Å². The van der Waals surface area contributed by atoms with E-state index in [4.69, 9.17) is 5.73 Å². The maximum atomic E-state index is 11.6. The van der Waals surface area contributed by atoms with Gasteiger partial charge < -0.3 is 15.8 Å². The fourth-order valence-electron chi connectivity index (χ4n) is 6.10. The van der Waals surface area contributed by atoms with Gasteiger partial charge in [-0.05, 0) is 81.4 Å². The smallest absolute Gasteiger partial charge is 0.111 e. The summed E-state index contributed by atoms with van der Waals surface area (Å²) >= 11 is 0. The van der Waals surface area contributed by atoms with E-state index in [-0.39, 0.29) is 5.41 Å². The second-order valence-electron chi connectivity index (χ2n) is 7.68. The summed E-state index contributed by atoms with van der Waals surface area (Å²) in [5.74, 6) is 2.54. The van der Waals surface area contributed by atoms with Crippen LogP contribution >= 0.6 is 0 Å². The van der Waals surface area contributed by atoms with Crippen molar-refractivity contribution in [3.63, 3.8) is 0 Å². The molecule has 4 fully saturated rings. The van der Waals surface area contributed by atoms with E-state index in [1.807, 2.05) is 18.3 Å². The number of H-pyrrole nitrogens is 1. The average Bonchev–Trinajstić information content (AvgIpc) is 2.91. The Bertz CT molecular complexity index is 446. The molecule has 0 aromatic carbocycles. The predicted molar refractivity (Wildman–Crippen MR) is 79.0 cm³/mol. The third-order valence-electron chi connectivity index (χ3n) is 6.47. The number of hydrogen-bond acceptors (Lipinski definition) is 2. The summed E-state index contributed by atoms with van der Waals surface area (Å²) in [6, 6.07) is 4.05. The van der Waals surface area contributed by atoms with Crippen LogP contribution in [0.4, 0.5) is 0 Å². The fraction of sp³-hybridized carbons (Fsp3) is 0.765. The van der Waals surface area contributed by atoms with Crippen LogP contribution in [0.15, 0.2) is 18.3 Å². The Morgan fingerprint density at radius 3 is 2.25 bits per heavy atom. The van der Waals surface area contributed by atoms with Crippen molar-refractivity contribution in [1.29, 1.82) is 0 Å². The minimum Gasteiger partial charge on any atom is -0.383 e. The maximum Gasteiger partial charge on any atom is 0.111 e. The van der Waals surface area contributed by atoms with Crippen molar-refractivity contribution in [2.45, 2.75) is 50.5 Å². The van der Waals surface area contributed by atoms with Crippen LogP contribution in [0.2, 0.25) is 0 Å². The van der Waals surface area contributed by atoms with Crippen molar-refractivity contribution in [2.24, 2.45) is 28.9 Å². The third kappa shape index (κ3) is 1.66. The number of aromatic nitrogens is 1. The lowest BCUT2D eigenvalue weighted by Crippen LogP contribution is -2.57. The summed E-state index contributed by atoms with van der Waals surface area (Å²) in [5.41, 5.74) is 6.18. The van der Waals surface area contributed by atoms with E-state index < -0.39 is 5.60 Å². The fourth-order valence-corrected chi connectivity index (χ4v) is 6.10. The topological polar surface area (TPSA) is 62.0 Å². The van der Waals surface area contributed by atoms with Crippen LogP contribution in [0.5, 0.6) is 0 Å². The summed E-state index contributed by atoms with van der Waals surface area (Å²) < 4.78 is 0. The standard InChI is InChI=1S/C17H26N2O/c18-4-3-17(20,15-2-1-5-19-15)16-9-12-6-13(10-16)8-14(7-12)11-16/h1-2,5,12-14,19-20H,3-4,6-11,18H2. The lowest BCUT2D eigenvalue weighted by Gasteiger charge is -2.62. The average molecular weight is 274 g/mol. The van der Waals surface area contributed by atoms with Crippen molar-refractivity contribution in [3.8, 4) is 0 Å². The highest BCUT2D eigenvalue weighted by Gasteiger charge is 2.60. The lowest BCUT2D eigenvalue weighted by atomic mass is 9.44. The van der Waals surface area contributed by atoms with Crippen LogP contribution in [-0.4, -0.2) is 16.6 Å². The number of nitrogens with one attached hydrogen (secondary N) is 1. The normalized spacial score (nSPS) is 41.8. The van der Waals surface area contributed by atoms with Gasteiger partial charge >= 0.3 is 0 Å². The SMILES string of the molecule is NCCC(O)(c1ccc[nH]1)C12CC3CC(CC(C3)C1)C2. The molecule has 1 aromatic heterocycles. The molecule has 110 valence electrons. The van der Waals surface area contributed by atoms with Gasteiger partial charge in [-0.25, -0.2) is 0 Å². The van der Waals surface area contributed by atoms with Crippen LogP contribution in [0.1, 0.15) is 50.6 Å². The van der Waals surface area contributed by atoms with Crippen LogP contribution in [0.3, 0.4) is 0 Å². The second kappa shape index (κ2) is 4.35. The molecule has 1 aromatic rings. The monoisotopic (exact) mass is 274 g/mol. The van der Waals surface area contributed by atoms with Crippen molar-refractivity contribution in [2.75, 3.05) is 6.54 Å². The molecule has 1 unspecified atom stereocenters. The predicted octanol–water partition coefficient (Wildman–Crippen LogP) is 2.77. The molecule has 0 spiro atoms. The van der Waals surface area contributed by atoms with E-state index in [0.29, 0.717) is 13.0 Å². The number of rotatable bonds is 4. The molecule has 0 radical (unpaired) electrons. The van der Waals surface area contributed by atoms with Gasteiger partial charge in [0.25, 0.3) is 0 Å². The molecule has 1 heterocycles. The molecule has 3 nitrogen and oxygen atoms in total. The molecule has 4 aliphatic carbocycles. The van der Waals surface area contributed by atoms with Crippen LogP contribution in [0, 0.1) is 23.2 Å². The van der Waals surface area contributed by atoms with Crippen LogP contribution in [0.25, 0.3) is 0 Å². The second-order valence-corrected chi connectivity index (χ2v) is 7.68. The Kier molecular flexibility index (Phi) is 2.80. The largest absolute Gasteiger partial charge is 0.383 e. The number of aromatic amines is 1. The third-order valence-corrected chi connectivity index (χ3v) is 6.47. The molecule has 0 amide bonds. The van der Waals surface area contributed by atoms with Gasteiger partial charge in [-0.2, -0.15) is 0 Å². The molecular formula is C17H26N2O. The van der Waals surface area contributed by atoms with Gasteiger partial charge in [0.1, 0.15) is 5.60 Å². The van der Waals surface area contributed by atoms with Gasteiger partial charge in [0.15, 0.2) is 0 Å². The maximum absolute atomic E-state index is 11.6. The van der Waals surface area contributed by atoms with Crippen LogP contribution < -0.4 is 5.73 Å². The molecule has 4 bridgehead atoms. The highest BCUT2D eigenvalue weighted by atomic mass is 16.3. The Morgan fingerprint density at radius 1 is 1.20 bits per heavy atom. The first kappa shape index (κ1) is 12.9. The zero-order valence-corrected chi connectivity index (χ0v) is 12.1. The Morgan fingerprint density at radius 2 is 1.80 bits per heavy atom. The Balaban J connectivity index is 1.76. The molecule has 3 heteroatoms. The highest BCUT2D eigenvalue weighted by molar-refractivity contribution is 5.22. The zero-order valence-electron chi connectivity index (χ0n) is 12.1. The van der Waals surface area contributed by atoms with E-state index in [1.165, 1.54) is 38.5 Å². The van der Waals surface area contributed by atoms with E-state index >= 15 is 0 Å². The summed E-state index contributed by atoms with van der Waals surface area (Å²) in [5, 5.41) is 11.6. The van der Waals surface area contributed by atoms with E-state index in [0.717, 1.165) is 23.4 Å². The molecule has 20 heavy (non-hydrogen) atoms. The summed E-state index contributed by atoms with van der Waals surface area (Å²) in [4.78, 5) is 3.28. The van der Waals surface area contributed by atoms with Gasteiger partial charge in [-0.15, -0.1) is 0 Å². The molecular weight excluding hydrogens is 248 g/mol. The quantitative estimate of drug-likeness (QED) is 0.790. The van der Waals surface area contributed by atoms with Crippen molar-refractivity contribution < 1.29 is 5.11 Å².